The Morgan fingerprint density at radius 3 is 2.56 bits per heavy atom. The van der Waals surface area contributed by atoms with Gasteiger partial charge in [-0.3, -0.25) is 9.69 Å². The highest BCUT2D eigenvalue weighted by atomic mass is 35.5. The van der Waals surface area contributed by atoms with Gasteiger partial charge in [0, 0.05) is 36.0 Å². The van der Waals surface area contributed by atoms with E-state index in [2.05, 4.69) is 0 Å². The molecule has 3 rings (SSSR count). The minimum atomic E-state index is -0.167. The van der Waals surface area contributed by atoms with Crippen LogP contribution in [0.4, 0.5) is 16.2 Å². The van der Waals surface area contributed by atoms with Crippen LogP contribution in [0.5, 0.6) is 0 Å². The Hall–Kier alpha value is -2.53. The molecule has 0 aliphatic carbocycles. The predicted octanol–water partition coefficient (Wildman–Crippen LogP) is 3.64. The molecule has 0 radical (unpaired) electrons. The fraction of sp³-hybridized carbons (Fsp3) is 0.263. The van der Waals surface area contributed by atoms with E-state index in [0.717, 1.165) is 11.4 Å². The van der Waals surface area contributed by atoms with E-state index in [-0.39, 0.29) is 18.5 Å². The summed E-state index contributed by atoms with van der Waals surface area (Å²) < 4.78 is 0. The van der Waals surface area contributed by atoms with E-state index in [1.807, 2.05) is 49.4 Å². The lowest BCUT2D eigenvalue weighted by Gasteiger charge is -2.24. The number of nitrogens with zero attached hydrogens (tertiary/aromatic N) is 3. The molecule has 0 aromatic heterocycles. The number of hydrogen-bond donors (Lipinski definition) is 0. The van der Waals surface area contributed by atoms with Crippen molar-refractivity contribution in [3.05, 3.63) is 59.6 Å². The average molecular weight is 358 g/mol. The number of likely N-dealkylation sites (N-methyl/N-ethyl adjacent to an activating group) is 1. The van der Waals surface area contributed by atoms with Crippen molar-refractivity contribution in [2.75, 3.05) is 36.0 Å². The van der Waals surface area contributed by atoms with Gasteiger partial charge in [0.05, 0.1) is 0 Å². The molecule has 0 unspecified atom stereocenters. The van der Waals surface area contributed by atoms with E-state index in [9.17, 15) is 9.59 Å². The van der Waals surface area contributed by atoms with Crippen molar-refractivity contribution in [2.45, 2.75) is 6.92 Å². The van der Waals surface area contributed by atoms with E-state index in [1.165, 1.54) is 0 Å². The first-order chi connectivity index (χ1) is 12.1. The molecule has 1 fully saturated rings. The number of carbonyl (C=O) groups excluding carboxylic acids is 2. The zero-order valence-electron chi connectivity index (χ0n) is 14.1. The fourth-order valence-electron chi connectivity index (χ4n) is 2.97. The maximum absolute atomic E-state index is 12.7. The monoisotopic (exact) mass is 357 g/mol. The molecule has 0 N–H and O–H groups in total. The number of para-hydroxylation sites is 1. The molecule has 2 aromatic carbocycles. The molecule has 6 heteroatoms. The minimum absolute atomic E-state index is 0.0681. The maximum atomic E-state index is 12.7. The molecule has 0 atom stereocenters. The van der Waals surface area contributed by atoms with Crippen LogP contribution in [0, 0.1) is 0 Å². The van der Waals surface area contributed by atoms with Gasteiger partial charge in [0.15, 0.2) is 0 Å². The van der Waals surface area contributed by atoms with Gasteiger partial charge in [-0.1, -0.05) is 35.9 Å². The van der Waals surface area contributed by atoms with Crippen LogP contribution >= 0.6 is 11.6 Å². The molecule has 5 nitrogen and oxygen atoms in total. The molecule has 3 amide bonds. The van der Waals surface area contributed by atoms with Crippen LogP contribution in [-0.2, 0) is 4.79 Å². The Balaban J connectivity index is 1.69. The SMILES string of the molecule is CCN(C(=O)CN1CCN(c2cccc(Cl)c2)C1=O)c1ccccc1. The Morgan fingerprint density at radius 2 is 1.88 bits per heavy atom. The van der Waals surface area contributed by atoms with Gasteiger partial charge in [-0.15, -0.1) is 0 Å². The van der Waals surface area contributed by atoms with E-state index in [4.69, 9.17) is 11.6 Å². The minimum Gasteiger partial charge on any atom is -0.313 e. The topological polar surface area (TPSA) is 43.9 Å². The molecule has 25 heavy (non-hydrogen) atoms. The second kappa shape index (κ2) is 7.57. The second-order valence-electron chi connectivity index (χ2n) is 5.81. The predicted molar refractivity (Wildman–Crippen MR) is 100 cm³/mol. The molecule has 130 valence electrons. The van der Waals surface area contributed by atoms with Crippen LogP contribution in [-0.4, -0.2) is 43.0 Å². The van der Waals surface area contributed by atoms with Crippen molar-refractivity contribution < 1.29 is 9.59 Å². The number of hydrogen-bond acceptors (Lipinski definition) is 2. The molecule has 1 heterocycles. The Kier molecular flexibility index (Phi) is 5.24. The van der Waals surface area contributed by atoms with E-state index in [1.54, 1.807) is 26.8 Å². The highest BCUT2D eigenvalue weighted by Gasteiger charge is 2.32. The van der Waals surface area contributed by atoms with Crippen molar-refractivity contribution in [1.29, 1.82) is 0 Å². The third-order valence-corrected chi connectivity index (χ3v) is 4.46. The van der Waals surface area contributed by atoms with Crippen LogP contribution in [0.25, 0.3) is 0 Å². The number of anilines is 2. The Morgan fingerprint density at radius 1 is 1.12 bits per heavy atom. The lowest BCUT2D eigenvalue weighted by molar-refractivity contribution is -0.119. The number of rotatable bonds is 5. The number of carbonyl (C=O) groups is 2. The van der Waals surface area contributed by atoms with Crippen molar-refractivity contribution in [1.82, 2.24) is 4.90 Å². The van der Waals surface area contributed by atoms with Crippen LogP contribution in [0.15, 0.2) is 54.6 Å². The lowest BCUT2D eigenvalue weighted by atomic mass is 10.3. The number of amides is 3. The first-order valence-electron chi connectivity index (χ1n) is 8.27. The van der Waals surface area contributed by atoms with Gasteiger partial charge < -0.3 is 9.80 Å². The van der Waals surface area contributed by atoms with Gasteiger partial charge in [-0.05, 0) is 37.3 Å². The fourth-order valence-corrected chi connectivity index (χ4v) is 3.16. The summed E-state index contributed by atoms with van der Waals surface area (Å²) in [4.78, 5) is 30.2. The molecular weight excluding hydrogens is 338 g/mol. The number of benzene rings is 2. The van der Waals surface area contributed by atoms with Crippen molar-refractivity contribution in [2.24, 2.45) is 0 Å². The van der Waals surface area contributed by atoms with Gasteiger partial charge >= 0.3 is 6.03 Å². The standard InChI is InChI=1S/C19H20ClN3O2/c1-2-22(16-8-4-3-5-9-16)18(24)14-21-11-12-23(19(21)25)17-10-6-7-15(20)13-17/h3-10,13H,2,11-12,14H2,1H3. The van der Waals surface area contributed by atoms with Gasteiger partial charge in [0.1, 0.15) is 6.54 Å². The van der Waals surface area contributed by atoms with Gasteiger partial charge in [-0.2, -0.15) is 0 Å². The van der Waals surface area contributed by atoms with Crippen molar-refractivity contribution in [3.63, 3.8) is 0 Å². The summed E-state index contributed by atoms with van der Waals surface area (Å²) in [6, 6.07) is 16.5. The third kappa shape index (κ3) is 3.77. The zero-order chi connectivity index (χ0) is 17.8. The Bertz CT molecular complexity index is 766. The molecule has 2 aromatic rings. The zero-order valence-corrected chi connectivity index (χ0v) is 14.8. The Labute approximate surface area is 152 Å². The molecule has 1 saturated heterocycles. The number of urea groups is 1. The summed E-state index contributed by atoms with van der Waals surface area (Å²) in [5.74, 6) is -0.0880. The van der Waals surface area contributed by atoms with E-state index in [0.29, 0.717) is 24.7 Å². The summed E-state index contributed by atoms with van der Waals surface area (Å²) in [6.07, 6.45) is 0. The normalized spacial score (nSPS) is 14.1. The molecule has 1 aliphatic rings. The first-order valence-corrected chi connectivity index (χ1v) is 8.65. The average Bonchev–Trinajstić information content (AvgIpc) is 2.97. The van der Waals surface area contributed by atoms with Gasteiger partial charge in [0.25, 0.3) is 0 Å². The molecular formula is C19H20ClN3O2. The van der Waals surface area contributed by atoms with Gasteiger partial charge in [0.2, 0.25) is 5.91 Å². The van der Waals surface area contributed by atoms with Crippen LogP contribution in [0.2, 0.25) is 5.02 Å². The first kappa shape index (κ1) is 17.3. The van der Waals surface area contributed by atoms with E-state index < -0.39 is 0 Å². The number of halogens is 1. The van der Waals surface area contributed by atoms with Crippen LogP contribution in [0.3, 0.4) is 0 Å². The largest absolute Gasteiger partial charge is 0.325 e. The molecule has 0 bridgehead atoms. The maximum Gasteiger partial charge on any atom is 0.325 e. The van der Waals surface area contributed by atoms with Crippen LogP contribution < -0.4 is 9.80 Å². The van der Waals surface area contributed by atoms with Gasteiger partial charge in [-0.25, -0.2) is 4.79 Å². The highest BCUT2D eigenvalue weighted by Crippen LogP contribution is 2.23. The molecule has 0 saturated carbocycles. The second-order valence-corrected chi connectivity index (χ2v) is 6.25. The van der Waals surface area contributed by atoms with Crippen LogP contribution in [0.1, 0.15) is 6.92 Å². The quantitative estimate of drug-likeness (QED) is 0.820. The van der Waals surface area contributed by atoms with Crippen molar-refractivity contribution >= 4 is 34.9 Å². The lowest BCUT2D eigenvalue weighted by Crippen LogP contribution is -2.42. The summed E-state index contributed by atoms with van der Waals surface area (Å²) in [6.45, 7) is 3.61. The molecule has 1 aliphatic heterocycles. The highest BCUT2D eigenvalue weighted by molar-refractivity contribution is 6.30. The smallest absolute Gasteiger partial charge is 0.313 e. The molecule has 0 spiro atoms. The third-order valence-electron chi connectivity index (χ3n) is 4.23. The summed E-state index contributed by atoms with van der Waals surface area (Å²) in [5.41, 5.74) is 1.59. The summed E-state index contributed by atoms with van der Waals surface area (Å²) >= 11 is 6.01. The van der Waals surface area contributed by atoms with E-state index >= 15 is 0 Å². The van der Waals surface area contributed by atoms with Crippen molar-refractivity contribution in [3.8, 4) is 0 Å². The summed E-state index contributed by atoms with van der Waals surface area (Å²) in [5, 5.41) is 0.584. The summed E-state index contributed by atoms with van der Waals surface area (Å²) in [7, 11) is 0.